The number of nitrogens with one attached hydrogen (secondary N) is 2. The fraction of sp³-hybridized carbons (Fsp3) is 0.350. The molecule has 8 heteroatoms. The maximum absolute atomic E-state index is 12.8. The van der Waals surface area contributed by atoms with Crippen molar-refractivity contribution in [2.24, 2.45) is 0 Å². The fourth-order valence-corrected chi connectivity index (χ4v) is 3.18. The second-order valence-corrected chi connectivity index (χ2v) is 6.80. The maximum Gasteiger partial charge on any atom is 0.416 e. The normalized spacial score (nSPS) is 15.4. The Labute approximate surface area is 162 Å². The van der Waals surface area contributed by atoms with E-state index in [1.54, 1.807) is 19.2 Å². The lowest BCUT2D eigenvalue weighted by molar-refractivity contribution is -0.137. The molecule has 2 aromatic carbocycles. The zero-order valence-electron chi connectivity index (χ0n) is 15.8. The second kappa shape index (κ2) is 8.10. The Balaban J connectivity index is 1.77. The van der Waals surface area contributed by atoms with E-state index in [0.29, 0.717) is 5.56 Å². The molecule has 1 amide bonds. The summed E-state index contributed by atoms with van der Waals surface area (Å²) in [5, 5.41) is 5.65. The molecule has 150 valence electrons. The van der Waals surface area contributed by atoms with Gasteiger partial charge in [0, 0.05) is 44.5 Å². The monoisotopic (exact) mass is 392 g/mol. The minimum atomic E-state index is -4.45. The van der Waals surface area contributed by atoms with Gasteiger partial charge in [0.25, 0.3) is 5.91 Å². The number of rotatable bonds is 4. The summed E-state index contributed by atoms with van der Waals surface area (Å²) in [6.45, 7) is 3.70. The summed E-state index contributed by atoms with van der Waals surface area (Å²) in [6, 6.07) is 9.89. The maximum atomic E-state index is 12.8. The average Bonchev–Trinajstić information content (AvgIpc) is 2.67. The first kappa shape index (κ1) is 20.0. The van der Waals surface area contributed by atoms with Crippen LogP contribution in [0.3, 0.4) is 0 Å². The number of anilines is 3. The molecule has 1 aliphatic rings. The Morgan fingerprint density at radius 3 is 2.39 bits per heavy atom. The molecule has 0 bridgehead atoms. The summed E-state index contributed by atoms with van der Waals surface area (Å²) in [5.41, 5.74) is 1.49. The van der Waals surface area contributed by atoms with Gasteiger partial charge < -0.3 is 20.4 Å². The Hall–Kier alpha value is -2.74. The summed E-state index contributed by atoms with van der Waals surface area (Å²) >= 11 is 0. The van der Waals surface area contributed by atoms with Crippen molar-refractivity contribution in [1.29, 1.82) is 0 Å². The highest BCUT2D eigenvalue weighted by Crippen LogP contribution is 2.31. The predicted octanol–water partition coefficient (Wildman–Crippen LogP) is 3.75. The molecular formula is C20H23F3N4O. The van der Waals surface area contributed by atoms with Gasteiger partial charge in [-0.2, -0.15) is 13.2 Å². The average molecular weight is 392 g/mol. The lowest BCUT2D eigenvalue weighted by Crippen LogP contribution is -2.44. The third-order valence-corrected chi connectivity index (χ3v) is 4.82. The van der Waals surface area contributed by atoms with E-state index in [1.165, 1.54) is 12.1 Å². The largest absolute Gasteiger partial charge is 0.416 e. The van der Waals surface area contributed by atoms with Crippen LogP contribution in [-0.4, -0.2) is 51.1 Å². The predicted molar refractivity (Wildman–Crippen MR) is 105 cm³/mol. The van der Waals surface area contributed by atoms with Crippen LogP contribution in [-0.2, 0) is 6.18 Å². The van der Waals surface area contributed by atoms with Crippen LogP contribution in [0.15, 0.2) is 42.5 Å². The molecular weight excluding hydrogens is 369 g/mol. The molecule has 1 fully saturated rings. The van der Waals surface area contributed by atoms with Crippen molar-refractivity contribution in [3.8, 4) is 0 Å². The summed E-state index contributed by atoms with van der Waals surface area (Å²) in [6.07, 6.45) is -4.45. The molecule has 0 aromatic heterocycles. The van der Waals surface area contributed by atoms with Crippen LogP contribution in [0.1, 0.15) is 15.9 Å². The topological polar surface area (TPSA) is 47.6 Å². The van der Waals surface area contributed by atoms with Crippen LogP contribution in [0, 0.1) is 0 Å². The molecule has 2 N–H and O–H groups in total. The minimum Gasteiger partial charge on any atom is -0.386 e. The Kier molecular flexibility index (Phi) is 5.79. The van der Waals surface area contributed by atoms with E-state index >= 15 is 0 Å². The molecule has 28 heavy (non-hydrogen) atoms. The third kappa shape index (κ3) is 4.56. The SMILES string of the molecule is CNc1cc(C(=O)Nc2cccc(C(F)(F)F)c2)ccc1N1CCN(C)CC1. The molecule has 2 aromatic rings. The van der Waals surface area contributed by atoms with Crippen molar-refractivity contribution in [1.82, 2.24) is 4.90 Å². The van der Waals surface area contributed by atoms with E-state index < -0.39 is 17.6 Å². The van der Waals surface area contributed by atoms with Gasteiger partial charge in [-0.25, -0.2) is 0 Å². The van der Waals surface area contributed by atoms with E-state index in [9.17, 15) is 18.0 Å². The van der Waals surface area contributed by atoms with Crippen molar-refractivity contribution in [2.45, 2.75) is 6.18 Å². The zero-order valence-corrected chi connectivity index (χ0v) is 15.8. The van der Waals surface area contributed by atoms with Crippen molar-refractivity contribution < 1.29 is 18.0 Å². The first-order valence-electron chi connectivity index (χ1n) is 9.02. The molecule has 0 atom stereocenters. The number of alkyl halides is 3. The van der Waals surface area contributed by atoms with Gasteiger partial charge in [-0.3, -0.25) is 4.79 Å². The van der Waals surface area contributed by atoms with E-state index in [4.69, 9.17) is 0 Å². The number of benzene rings is 2. The van der Waals surface area contributed by atoms with Gasteiger partial charge in [0.15, 0.2) is 0 Å². The van der Waals surface area contributed by atoms with Crippen molar-refractivity contribution in [2.75, 3.05) is 55.8 Å². The van der Waals surface area contributed by atoms with E-state index in [2.05, 4.69) is 27.5 Å². The smallest absolute Gasteiger partial charge is 0.386 e. The fourth-order valence-electron chi connectivity index (χ4n) is 3.18. The number of amides is 1. The molecule has 3 rings (SSSR count). The number of likely N-dealkylation sites (N-methyl/N-ethyl adjacent to an activating group) is 1. The molecule has 0 aliphatic carbocycles. The van der Waals surface area contributed by atoms with Gasteiger partial charge in [0.1, 0.15) is 0 Å². The van der Waals surface area contributed by atoms with Gasteiger partial charge in [-0.1, -0.05) is 6.07 Å². The number of carbonyl (C=O) groups excluding carboxylic acids is 1. The van der Waals surface area contributed by atoms with Gasteiger partial charge in [-0.15, -0.1) is 0 Å². The first-order valence-corrected chi connectivity index (χ1v) is 9.02. The molecule has 0 spiro atoms. The Bertz CT molecular complexity index is 846. The Morgan fingerprint density at radius 1 is 1.04 bits per heavy atom. The molecule has 0 saturated carbocycles. The number of halogens is 3. The van der Waals surface area contributed by atoms with E-state index in [0.717, 1.165) is 49.7 Å². The summed E-state index contributed by atoms with van der Waals surface area (Å²) < 4.78 is 38.5. The quantitative estimate of drug-likeness (QED) is 0.832. The standard InChI is InChI=1S/C20H23F3N4O/c1-24-17-12-14(6-7-18(17)27-10-8-26(2)9-11-27)19(28)25-16-5-3-4-15(13-16)20(21,22)23/h3-7,12-13,24H,8-11H2,1-2H3,(H,25,28). The van der Waals surface area contributed by atoms with Crippen LogP contribution >= 0.6 is 0 Å². The summed E-state index contributed by atoms with van der Waals surface area (Å²) in [4.78, 5) is 17.0. The minimum absolute atomic E-state index is 0.106. The highest BCUT2D eigenvalue weighted by molar-refractivity contribution is 6.05. The van der Waals surface area contributed by atoms with Crippen LogP contribution in [0.25, 0.3) is 0 Å². The number of nitrogens with zero attached hydrogens (tertiary/aromatic N) is 2. The second-order valence-electron chi connectivity index (χ2n) is 6.80. The highest BCUT2D eigenvalue weighted by atomic mass is 19.4. The third-order valence-electron chi connectivity index (χ3n) is 4.82. The number of hydrogen-bond donors (Lipinski definition) is 2. The zero-order chi connectivity index (χ0) is 20.3. The van der Waals surface area contributed by atoms with Gasteiger partial charge in [0.05, 0.1) is 16.9 Å². The summed E-state index contributed by atoms with van der Waals surface area (Å²) in [5.74, 6) is -0.458. The highest BCUT2D eigenvalue weighted by Gasteiger charge is 2.30. The number of piperazine rings is 1. The molecule has 0 radical (unpaired) electrons. The molecule has 1 saturated heterocycles. The lowest BCUT2D eigenvalue weighted by Gasteiger charge is -2.35. The number of hydrogen-bond acceptors (Lipinski definition) is 4. The first-order chi connectivity index (χ1) is 13.3. The van der Waals surface area contributed by atoms with Crippen molar-refractivity contribution in [3.63, 3.8) is 0 Å². The number of carbonyl (C=O) groups is 1. The van der Waals surface area contributed by atoms with E-state index in [1.807, 2.05) is 6.07 Å². The van der Waals surface area contributed by atoms with Gasteiger partial charge >= 0.3 is 6.18 Å². The molecule has 1 aliphatic heterocycles. The molecule has 0 unspecified atom stereocenters. The van der Waals surface area contributed by atoms with Gasteiger partial charge in [0.2, 0.25) is 0 Å². The van der Waals surface area contributed by atoms with Crippen LogP contribution in [0.5, 0.6) is 0 Å². The van der Waals surface area contributed by atoms with Crippen molar-refractivity contribution >= 4 is 23.0 Å². The molecule has 5 nitrogen and oxygen atoms in total. The van der Waals surface area contributed by atoms with Crippen LogP contribution < -0.4 is 15.5 Å². The molecule has 1 heterocycles. The van der Waals surface area contributed by atoms with Gasteiger partial charge in [-0.05, 0) is 43.4 Å². The Morgan fingerprint density at radius 2 is 1.75 bits per heavy atom. The van der Waals surface area contributed by atoms with Crippen LogP contribution in [0.4, 0.5) is 30.2 Å². The summed E-state index contributed by atoms with van der Waals surface area (Å²) in [7, 11) is 3.86. The van der Waals surface area contributed by atoms with Crippen LogP contribution in [0.2, 0.25) is 0 Å². The van der Waals surface area contributed by atoms with Crippen molar-refractivity contribution in [3.05, 3.63) is 53.6 Å². The lowest BCUT2D eigenvalue weighted by atomic mass is 10.1. The van der Waals surface area contributed by atoms with E-state index in [-0.39, 0.29) is 5.69 Å².